The Bertz CT molecular complexity index is 583. The van der Waals surface area contributed by atoms with E-state index in [0.29, 0.717) is 12.1 Å². The summed E-state index contributed by atoms with van der Waals surface area (Å²) in [6.07, 6.45) is 5.21. The van der Waals surface area contributed by atoms with Gasteiger partial charge >= 0.3 is 0 Å². The lowest BCUT2D eigenvalue weighted by atomic mass is 10.0. The fourth-order valence-electron chi connectivity index (χ4n) is 2.65. The van der Waals surface area contributed by atoms with Gasteiger partial charge in [-0.2, -0.15) is 0 Å². The van der Waals surface area contributed by atoms with Gasteiger partial charge in [-0.3, -0.25) is 9.59 Å². The second-order valence-corrected chi connectivity index (χ2v) is 6.35. The Morgan fingerprint density at radius 1 is 1.46 bits per heavy atom. The molecule has 0 radical (unpaired) electrons. The summed E-state index contributed by atoms with van der Waals surface area (Å²) in [5.41, 5.74) is 0.530. The molecule has 1 aliphatic heterocycles. The van der Waals surface area contributed by atoms with Crippen molar-refractivity contribution < 1.29 is 9.59 Å². The van der Waals surface area contributed by atoms with E-state index >= 15 is 0 Å². The highest BCUT2D eigenvalue weighted by atomic mass is 16.2. The summed E-state index contributed by atoms with van der Waals surface area (Å²) in [6, 6.07) is 3.78. The van der Waals surface area contributed by atoms with Gasteiger partial charge in [-0.05, 0) is 25.0 Å². The van der Waals surface area contributed by atoms with Gasteiger partial charge < -0.3 is 15.5 Å². The second-order valence-electron chi connectivity index (χ2n) is 6.35. The molecule has 2 rings (SSSR count). The highest BCUT2D eigenvalue weighted by Crippen LogP contribution is 2.18. The van der Waals surface area contributed by atoms with Crippen LogP contribution in [-0.2, 0) is 4.79 Å². The van der Waals surface area contributed by atoms with E-state index in [9.17, 15) is 9.59 Å². The molecule has 1 fully saturated rings. The maximum atomic E-state index is 11.9. The molecule has 1 saturated heterocycles. The Kier molecular flexibility index (Phi) is 6.35. The van der Waals surface area contributed by atoms with Crippen molar-refractivity contribution in [2.24, 2.45) is 5.92 Å². The molecule has 0 aromatic carbocycles. The molecular formula is C18H26N4O2. The van der Waals surface area contributed by atoms with Crippen molar-refractivity contribution in [1.29, 1.82) is 0 Å². The summed E-state index contributed by atoms with van der Waals surface area (Å²) in [5, 5.41) is 5.82. The van der Waals surface area contributed by atoms with Crippen molar-refractivity contribution in [3.8, 4) is 0 Å². The van der Waals surface area contributed by atoms with Gasteiger partial charge in [0, 0.05) is 37.8 Å². The number of nitrogens with zero attached hydrogens (tertiary/aromatic N) is 2. The monoisotopic (exact) mass is 330 g/mol. The van der Waals surface area contributed by atoms with E-state index in [1.165, 1.54) is 0 Å². The number of aromatic nitrogens is 1. The Balaban J connectivity index is 1.96. The summed E-state index contributed by atoms with van der Waals surface area (Å²) < 4.78 is 0. The predicted molar refractivity (Wildman–Crippen MR) is 95.0 cm³/mol. The summed E-state index contributed by atoms with van der Waals surface area (Å²) in [7, 11) is 0. The van der Waals surface area contributed by atoms with Crippen LogP contribution in [0.25, 0.3) is 0 Å². The van der Waals surface area contributed by atoms with Gasteiger partial charge in [-0.25, -0.2) is 4.98 Å². The predicted octanol–water partition coefficient (Wildman–Crippen LogP) is 1.74. The molecule has 2 N–H and O–H groups in total. The first-order chi connectivity index (χ1) is 11.5. The van der Waals surface area contributed by atoms with Gasteiger partial charge in [0.05, 0.1) is 5.56 Å². The lowest BCUT2D eigenvalue weighted by Gasteiger charge is -2.34. The smallest absolute Gasteiger partial charge is 0.253 e. The van der Waals surface area contributed by atoms with E-state index in [1.807, 2.05) is 19.9 Å². The third kappa shape index (κ3) is 4.81. The van der Waals surface area contributed by atoms with Crippen molar-refractivity contribution >= 4 is 17.6 Å². The molecule has 1 atom stereocenters. The number of piperidine rings is 1. The standard InChI is InChI=1S/C18H26N4O2/c1-4-9-19-18(24)14-7-8-16(20-11-14)22-10-5-6-15(12-22)21-17(23)13(2)3/h4,7-8,11,13,15H,1,5-6,9-10,12H2,2-3H3,(H,19,24)(H,21,23). The maximum Gasteiger partial charge on any atom is 0.253 e. The minimum Gasteiger partial charge on any atom is -0.355 e. The van der Waals surface area contributed by atoms with E-state index in [4.69, 9.17) is 0 Å². The van der Waals surface area contributed by atoms with E-state index in [1.54, 1.807) is 18.3 Å². The summed E-state index contributed by atoms with van der Waals surface area (Å²) in [5.74, 6) is 0.754. The molecule has 6 heteroatoms. The van der Waals surface area contributed by atoms with Gasteiger partial charge in [0.1, 0.15) is 5.82 Å². The highest BCUT2D eigenvalue weighted by Gasteiger charge is 2.23. The van der Waals surface area contributed by atoms with Crippen LogP contribution in [-0.4, -0.2) is 42.5 Å². The Morgan fingerprint density at radius 3 is 2.88 bits per heavy atom. The van der Waals surface area contributed by atoms with E-state index in [2.05, 4.69) is 27.1 Å². The lowest BCUT2D eigenvalue weighted by Crippen LogP contribution is -2.49. The Morgan fingerprint density at radius 2 is 2.25 bits per heavy atom. The van der Waals surface area contributed by atoms with Gasteiger partial charge in [0.15, 0.2) is 0 Å². The number of carbonyl (C=O) groups is 2. The first kappa shape index (κ1) is 18.0. The summed E-state index contributed by atoms with van der Waals surface area (Å²) >= 11 is 0. The molecule has 1 aromatic heterocycles. The van der Waals surface area contributed by atoms with Gasteiger partial charge in [0.2, 0.25) is 5.91 Å². The molecule has 1 aromatic rings. The molecule has 2 heterocycles. The summed E-state index contributed by atoms with van der Waals surface area (Å²) in [4.78, 5) is 30.3. The van der Waals surface area contributed by atoms with Crippen LogP contribution in [0.1, 0.15) is 37.0 Å². The Labute approximate surface area is 143 Å². The van der Waals surface area contributed by atoms with E-state index in [-0.39, 0.29) is 23.8 Å². The zero-order valence-corrected chi connectivity index (χ0v) is 14.4. The molecule has 1 aliphatic rings. The third-order valence-corrected chi connectivity index (χ3v) is 4.03. The number of hydrogen-bond acceptors (Lipinski definition) is 4. The fraction of sp³-hybridized carbons (Fsp3) is 0.500. The largest absolute Gasteiger partial charge is 0.355 e. The zero-order valence-electron chi connectivity index (χ0n) is 14.4. The molecule has 0 bridgehead atoms. The minimum absolute atomic E-state index is 0.00753. The fourth-order valence-corrected chi connectivity index (χ4v) is 2.65. The van der Waals surface area contributed by atoms with Crippen LogP contribution in [0, 0.1) is 5.92 Å². The molecule has 130 valence electrons. The van der Waals surface area contributed by atoms with Crippen LogP contribution in [0.2, 0.25) is 0 Å². The molecule has 2 amide bonds. The number of pyridine rings is 1. The van der Waals surface area contributed by atoms with Gasteiger partial charge in [-0.15, -0.1) is 6.58 Å². The molecule has 24 heavy (non-hydrogen) atoms. The van der Waals surface area contributed by atoms with E-state index in [0.717, 1.165) is 31.7 Å². The number of nitrogens with one attached hydrogen (secondary N) is 2. The minimum atomic E-state index is -0.158. The third-order valence-electron chi connectivity index (χ3n) is 4.03. The summed E-state index contributed by atoms with van der Waals surface area (Å²) in [6.45, 7) is 9.45. The van der Waals surface area contributed by atoms with Crippen LogP contribution in [0.4, 0.5) is 5.82 Å². The van der Waals surface area contributed by atoms with Crippen LogP contribution in [0.15, 0.2) is 31.0 Å². The number of hydrogen-bond donors (Lipinski definition) is 2. The molecule has 0 spiro atoms. The van der Waals surface area contributed by atoms with Crippen LogP contribution < -0.4 is 15.5 Å². The topological polar surface area (TPSA) is 74.3 Å². The van der Waals surface area contributed by atoms with Crippen molar-refractivity contribution in [2.75, 3.05) is 24.5 Å². The molecule has 0 aliphatic carbocycles. The molecule has 1 unspecified atom stereocenters. The van der Waals surface area contributed by atoms with E-state index < -0.39 is 0 Å². The first-order valence-corrected chi connectivity index (χ1v) is 8.41. The second kappa shape index (κ2) is 8.47. The number of anilines is 1. The van der Waals surface area contributed by atoms with Gasteiger partial charge in [-0.1, -0.05) is 19.9 Å². The van der Waals surface area contributed by atoms with Crippen molar-refractivity contribution in [2.45, 2.75) is 32.7 Å². The van der Waals surface area contributed by atoms with Crippen molar-refractivity contribution in [1.82, 2.24) is 15.6 Å². The molecule has 6 nitrogen and oxygen atoms in total. The quantitative estimate of drug-likeness (QED) is 0.779. The maximum absolute atomic E-state index is 11.9. The Hall–Kier alpha value is -2.37. The number of carbonyl (C=O) groups excluding carboxylic acids is 2. The van der Waals surface area contributed by atoms with Crippen molar-refractivity contribution in [3.05, 3.63) is 36.5 Å². The van der Waals surface area contributed by atoms with Crippen LogP contribution >= 0.6 is 0 Å². The van der Waals surface area contributed by atoms with Crippen LogP contribution in [0.5, 0.6) is 0 Å². The number of rotatable bonds is 6. The average molecular weight is 330 g/mol. The van der Waals surface area contributed by atoms with Gasteiger partial charge in [0.25, 0.3) is 5.91 Å². The van der Waals surface area contributed by atoms with Crippen LogP contribution in [0.3, 0.4) is 0 Å². The normalized spacial score (nSPS) is 17.5. The molecule has 0 saturated carbocycles. The highest BCUT2D eigenvalue weighted by molar-refractivity contribution is 5.94. The first-order valence-electron chi connectivity index (χ1n) is 8.41. The molecular weight excluding hydrogens is 304 g/mol. The number of amides is 2. The zero-order chi connectivity index (χ0) is 17.5. The average Bonchev–Trinajstić information content (AvgIpc) is 2.60. The SMILES string of the molecule is C=CCNC(=O)c1ccc(N2CCCC(NC(=O)C(C)C)C2)nc1. The lowest BCUT2D eigenvalue weighted by molar-refractivity contribution is -0.124. The van der Waals surface area contributed by atoms with Crippen molar-refractivity contribution in [3.63, 3.8) is 0 Å².